The fraction of sp³-hybridized carbons (Fsp3) is 0.517. The van der Waals surface area contributed by atoms with E-state index >= 15 is 0 Å². The zero-order chi connectivity index (χ0) is 23.1. The molecule has 0 atom stereocenters. The van der Waals surface area contributed by atoms with Crippen molar-refractivity contribution < 1.29 is 9.90 Å². The maximum absolute atomic E-state index is 12.2. The Morgan fingerprint density at radius 3 is 1.59 bits per heavy atom. The van der Waals surface area contributed by atoms with E-state index in [0.717, 1.165) is 48.9 Å². The molecule has 0 heterocycles. The molecule has 0 saturated carbocycles. The maximum Gasteiger partial charge on any atom is 0.258 e. The van der Waals surface area contributed by atoms with E-state index in [9.17, 15) is 4.80 Å². The molecular weight excluding hydrogens is 408 g/mol. The monoisotopic (exact) mass is 450 g/mol. The molecule has 2 aromatic rings. The van der Waals surface area contributed by atoms with Gasteiger partial charge >= 0.3 is 0 Å². The molecule has 0 bridgehead atoms. The third kappa shape index (κ3) is 7.92. The van der Waals surface area contributed by atoms with Crippen LogP contribution in [0.3, 0.4) is 0 Å². The Kier molecular flexibility index (Phi) is 11.8. The van der Waals surface area contributed by atoms with Gasteiger partial charge in [-0.05, 0) is 41.1 Å². The van der Waals surface area contributed by atoms with Crippen molar-refractivity contribution in [3.8, 4) is 11.8 Å². The van der Waals surface area contributed by atoms with Crippen molar-refractivity contribution in [1.82, 2.24) is 0 Å². The van der Waals surface area contributed by atoms with E-state index in [0.29, 0.717) is 0 Å². The molecule has 2 N–H and O–H groups in total. The Labute approximate surface area is 197 Å². The van der Waals surface area contributed by atoms with Gasteiger partial charge in [-0.15, -0.1) is 11.8 Å². The summed E-state index contributed by atoms with van der Waals surface area (Å²) in [5.74, 6) is 6.47. The highest BCUT2D eigenvalue weighted by molar-refractivity contribution is 6.98. The van der Waals surface area contributed by atoms with E-state index in [1.807, 2.05) is 36.4 Å². The standard InChI is InChI=1S/C29H42O2Si/c1-29(2,25-19-11-9-7-5-3-4-6-8-10-12-20-26-30)32(31,27-21-15-13-16-22-27)28-23-17-14-18-24-28/h13-18,21-24,30-31H,3-5,7,9-12,19-20,25-26H2,1-2H3. The fourth-order valence-electron chi connectivity index (χ4n) is 4.48. The quantitative estimate of drug-likeness (QED) is 0.217. The maximum atomic E-state index is 12.2. The van der Waals surface area contributed by atoms with Crippen LogP contribution in [-0.4, -0.2) is 24.8 Å². The highest BCUT2D eigenvalue weighted by Crippen LogP contribution is 2.40. The van der Waals surface area contributed by atoms with Crippen LogP contribution >= 0.6 is 0 Å². The van der Waals surface area contributed by atoms with Crippen LogP contribution in [0.1, 0.15) is 84.5 Å². The highest BCUT2D eigenvalue weighted by atomic mass is 28.4. The third-order valence-electron chi connectivity index (χ3n) is 6.55. The molecule has 0 aliphatic carbocycles. The minimum atomic E-state index is -2.86. The van der Waals surface area contributed by atoms with Crippen molar-refractivity contribution in [3.05, 3.63) is 60.7 Å². The van der Waals surface area contributed by atoms with Crippen molar-refractivity contribution >= 4 is 18.7 Å². The number of hydrogen-bond acceptors (Lipinski definition) is 2. The summed E-state index contributed by atoms with van der Waals surface area (Å²) < 4.78 is 0. The molecule has 0 aromatic heterocycles. The third-order valence-corrected chi connectivity index (χ3v) is 11.1. The summed E-state index contributed by atoms with van der Waals surface area (Å²) >= 11 is 0. The van der Waals surface area contributed by atoms with Gasteiger partial charge in [-0.25, -0.2) is 0 Å². The van der Waals surface area contributed by atoms with Gasteiger partial charge in [0, 0.05) is 19.4 Å². The first-order valence-electron chi connectivity index (χ1n) is 12.4. The van der Waals surface area contributed by atoms with Gasteiger partial charge < -0.3 is 9.90 Å². The SMILES string of the molecule is CC(C)(CCCCCCCCC#CCCCCO)[Si](O)(c1ccccc1)c1ccccc1. The van der Waals surface area contributed by atoms with Crippen molar-refractivity contribution in [2.45, 2.75) is 89.5 Å². The first-order valence-corrected chi connectivity index (χ1v) is 14.4. The van der Waals surface area contributed by atoms with Gasteiger partial charge in [0.25, 0.3) is 8.32 Å². The molecule has 3 heteroatoms. The van der Waals surface area contributed by atoms with Crippen LogP contribution in [0.2, 0.25) is 5.04 Å². The second kappa shape index (κ2) is 14.3. The summed E-state index contributed by atoms with van der Waals surface area (Å²) in [6, 6.07) is 20.7. The van der Waals surface area contributed by atoms with E-state index in [-0.39, 0.29) is 11.6 Å². The summed E-state index contributed by atoms with van der Waals surface area (Å²) in [5, 5.41) is 10.8. The first kappa shape index (κ1) is 26.4. The smallest absolute Gasteiger partial charge is 0.258 e. The van der Waals surface area contributed by atoms with E-state index < -0.39 is 8.32 Å². The summed E-state index contributed by atoms with van der Waals surface area (Å²) in [6.07, 6.45) is 12.2. The number of unbranched alkanes of at least 4 members (excludes halogenated alkanes) is 8. The minimum absolute atomic E-state index is 0.138. The molecular formula is C29H42O2Si. The molecule has 32 heavy (non-hydrogen) atoms. The fourth-order valence-corrected chi connectivity index (χ4v) is 8.26. The van der Waals surface area contributed by atoms with Crippen molar-refractivity contribution in [3.63, 3.8) is 0 Å². The number of aliphatic hydroxyl groups is 1. The Morgan fingerprint density at radius 2 is 1.09 bits per heavy atom. The van der Waals surface area contributed by atoms with Gasteiger partial charge in [-0.1, -0.05) is 107 Å². The van der Waals surface area contributed by atoms with Crippen molar-refractivity contribution in [2.24, 2.45) is 0 Å². The zero-order valence-electron chi connectivity index (χ0n) is 20.2. The molecule has 0 aliphatic heterocycles. The number of hydrogen-bond donors (Lipinski definition) is 2. The van der Waals surface area contributed by atoms with Gasteiger partial charge in [-0.3, -0.25) is 0 Å². The van der Waals surface area contributed by atoms with Crippen LogP contribution in [0.4, 0.5) is 0 Å². The molecule has 0 fully saturated rings. The summed E-state index contributed by atoms with van der Waals surface area (Å²) in [7, 11) is -2.86. The topological polar surface area (TPSA) is 40.5 Å². The molecule has 174 valence electrons. The average Bonchev–Trinajstić information content (AvgIpc) is 2.82. The second-order valence-corrected chi connectivity index (χ2v) is 13.4. The van der Waals surface area contributed by atoms with Crippen LogP contribution in [0.15, 0.2) is 60.7 Å². The second-order valence-electron chi connectivity index (χ2n) is 9.48. The molecule has 0 spiro atoms. The van der Waals surface area contributed by atoms with Crippen LogP contribution in [0.25, 0.3) is 0 Å². The number of benzene rings is 2. The van der Waals surface area contributed by atoms with Gasteiger partial charge in [0.15, 0.2) is 0 Å². The lowest BCUT2D eigenvalue weighted by atomic mass is 10.0. The summed E-state index contributed by atoms with van der Waals surface area (Å²) in [5.41, 5.74) is 0. The van der Waals surface area contributed by atoms with Crippen LogP contribution in [-0.2, 0) is 0 Å². The van der Waals surface area contributed by atoms with Crippen molar-refractivity contribution in [2.75, 3.05) is 6.61 Å². The Morgan fingerprint density at radius 1 is 0.656 bits per heavy atom. The highest BCUT2D eigenvalue weighted by Gasteiger charge is 2.49. The molecule has 2 aromatic carbocycles. The molecule has 2 rings (SSSR count). The van der Waals surface area contributed by atoms with Gasteiger partial charge in [0.1, 0.15) is 0 Å². The first-order chi connectivity index (χ1) is 15.5. The largest absolute Gasteiger partial charge is 0.424 e. The van der Waals surface area contributed by atoms with Gasteiger partial charge in [0.2, 0.25) is 0 Å². The molecule has 0 radical (unpaired) electrons. The molecule has 0 saturated heterocycles. The minimum Gasteiger partial charge on any atom is -0.424 e. The molecule has 0 unspecified atom stereocenters. The predicted octanol–water partition coefficient (Wildman–Crippen LogP) is 5.81. The van der Waals surface area contributed by atoms with Crippen LogP contribution in [0, 0.1) is 11.8 Å². The Balaban J connectivity index is 1.79. The normalized spacial score (nSPS) is 11.8. The number of rotatable bonds is 14. The Bertz CT molecular complexity index is 766. The van der Waals surface area contributed by atoms with Crippen molar-refractivity contribution in [1.29, 1.82) is 0 Å². The van der Waals surface area contributed by atoms with E-state index in [1.165, 1.54) is 32.1 Å². The summed E-state index contributed by atoms with van der Waals surface area (Å²) in [4.78, 5) is 12.2. The molecule has 0 amide bonds. The lowest BCUT2D eigenvalue weighted by Gasteiger charge is -2.41. The zero-order valence-corrected chi connectivity index (χ0v) is 21.2. The van der Waals surface area contributed by atoms with Crippen LogP contribution < -0.4 is 10.4 Å². The van der Waals surface area contributed by atoms with E-state index in [4.69, 9.17) is 5.11 Å². The van der Waals surface area contributed by atoms with E-state index in [2.05, 4.69) is 50.0 Å². The Hall–Kier alpha value is -1.86. The molecule has 0 aliphatic rings. The number of aliphatic hydroxyl groups excluding tert-OH is 1. The molecule has 2 nitrogen and oxygen atoms in total. The van der Waals surface area contributed by atoms with Gasteiger partial charge in [0.05, 0.1) is 0 Å². The summed E-state index contributed by atoms with van der Waals surface area (Å²) in [6.45, 7) is 4.80. The average molecular weight is 451 g/mol. The lowest BCUT2D eigenvalue weighted by molar-refractivity contribution is 0.285. The van der Waals surface area contributed by atoms with Crippen LogP contribution in [0.5, 0.6) is 0 Å². The van der Waals surface area contributed by atoms with Gasteiger partial charge in [-0.2, -0.15) is 0 Å². The predicted molar refractivity (Wildman–Crippen MR) is 140 cm³/mol. The lowest BCUT2D eigenvalue weighted by Crippen LogP contribution is -2.65. The van der Waals surface area contributed by atoms with E-state index in [1.54, 1.807) is 0 Å².